The Balaban J connectivity index is 1.81. The van der Waals surface area contributed by atoms with Crippen LogP contribution in [0, 0.1) is 0 Å². The second-order valence-corrected chi connectivity index (χ2v) is 7.42. The highest BCUT2D eigenvalue weighted by atomic mass is 79.9. The van der Waals surface area contributed by atoms with Crippen LogP contribution in [0.3, 0.4) is 0 Å². The van der Waals surface area contributed by atoms with E-state index in [1.54, 1.807) is 32.4 Å². The molecule has 2 amide bonds. The Morgan fingerprint density at radius 3 is 2.38 bits per heavy atom. The summed E-state index contributed by atoms with van der Waals surface area (Å²) < 4.78 is 11.4. The van der Waals surface area contributed by atoms with Gasteiger partial charge in [0.15, 0.2) is 11.5 Å². The number of carbonyl (C=O) groups excluding carboxylic acids is 2. The van der Waals surface area contributed by atoms with Gasteiger partial charge in [-0.15, -0.1) is 0 Å². The highest BCUT2D eigenvalue weighted by Crippen LogP contribution is 2.35. The van der Waals surface area contributed by atoms with E-state index in [0.717, 1.165) is 27.4 Å². The Labute approximate surface area is 164 Å². The van der Waals surface area contributed by atoms with Crippen molar-refractivity contribution in [3.05, 3.63) is 63.0 Å². The lowest BCUT2D eigenvalue weighted by molar-refractivity contribution is -0.123. The molecule has 134 valence electrons. The maximum atomic E-state index is 12.6. The Kier molecular flexibility index (Phi) is 5.68. The number of carbonyl (C=O) groups is 2. The molecule has 0 N–H and O–H groups in total. The van der Waals surface area contributed by atoms with Gasteiger partial charge in [0.25, 0.3) is 11.1 Å². The minimum absolute atomic E-state index is 0.251. The van der Waals surface area contributed by atoms with Gasteiger partial charge in [-0.05, 0) is 53.2 Å². The first kappa shape index (κ1) is 18.5. The highest BCUT2D eigenvalue weighted by molar-refractivity contribution is 9.10. The molecular formula is C19H16BrNO4S. The Hall–Kier alpha value is -2.25. The number of methoxy groups -OCH3 is 2. The molecule has 1 saturated heterocycles. The lowest BCUT2D eigenvalue weighted by Crippen LogP contribution is -2.27. The third kappa shape index (κ3) is 3.94. The molecule has 0 spiro atoms. The van der Waals surface area contributed by atoms with Crippen molar-refractivity contribution in [3.8, 4) is 11.5 Å². The summed E-state index contributed by atoms with van der Waals surface area (Å²) in [6.07, 6.45) is 1.69. The van der Waals surface area contributed by atoms with Gasteiger partial charge in [0.1, 0.15) is 0 Å². The van der Waals surface area contributed by atoms with Crippen molar-refractivity contribution in [1.29, 1.82) is 0 Å². The number of imide groups is 1. The Bertz CT molecular complexity index is 880. The van der Waals surface area contributed by atoms with Crippen LogP contribution >= 0.6 is 27.7 Å². The maximum Gasteiger partial charge on any atom is 0.293 e. The van der Waals surface area contributed by atoms with Crippen molar-refractivity contribution in [2.45, 2.75) is 6.54 Å². The summed E-state index contributed by atoms with van der Waals surface area (Å²) in [5.41, 5.74) is 1.65. The molecule has 3 rings (SSSR count). The zero-order chi connectivity index (χ0) is 18.7. The first-order chi connectivity index (χ1) is 12.5. The fourth-order valence-corrected chi connectivity index (χ4v) is 3.61. The topological polar surface area (TPSA) is 55.8 Å². The van der Waals surface area contributed by atoms with E-state index in [0.29, 0.717) is 16.4 Å². The second kappa shape index (κ2) is 7.97. The SMILES string of the molecule is COc1ccc(/C=C2\SC(=O)N(Cc3ccc(Br)cc3)C2=O)cc1OC. The van der Waals surface area contributed by atoms with Crippen molar-refractivity contribution >= 4 is 44.9 Å². The zero-order valence-electron chi connectivity index (χ0n) is 14.2. The minimum atomic E-state index is -0.294. The van der Waals surface area contributed by atoms with Gasteiger partial charge in [0, 0.05) is 4.47 Å². The number of ether oxygens (including phenoxy) is 2. The fourth-order valence-electron chi connectivity index (χ4n) is 2.50. The smallest absolute Gasteiger partial charge is 0.293 e. The Morgan fingerprint density at radius 1 is 1.04 bits per heavy atom. The normalized spacial score (nSPS) is 15.7. The molecule has 0 saturated carbocycles. The standard InChI is InChI=1S/C19H16BrNO4S/c1-24-15-8-5-13(9-16(15)25-2)10-17-18(22)21(19(23)26-17)11-12-3-6-14(20)7-4-12/h3-10H,11H2,1-2H3/b17-10-. The molecule has 2 aromatic rings. The van der Waals surface area contributed by atoms with Gasteiger partial charge in [0.05, 0.1) is 25.7 Å². The lowest BCUT2D eigenvalue weighted by Gasteiger charge is -2.12. The summed E-state index contributed by atoms with van der Waals surface area (Å²) in [4.78, 5) is 26.5. The van der Waals surface area contributed by atoms with E-state index >= 15 is 0 Å². The molecule has 0 bridgehead atoms. The number of hydrogen-bond donors (Lipinski definition) is 0. The molecule has 1 aliphatic rings. The van der Waals surface area contributed by atoms with E-state index in [-0.39, 0.29) is 17.7 Å². The van der Waals surface area contributed by atoms with Crippen molar-refractivity contribution in [2.24, 2.45) is 0 Å². The van der Waals surface area contributed by atoms with Crippen LogP contribution in [-0.4, -0.2) is 30.3 Å². The van der Waals surface area contributed by atoms with Gasteiger partial charge < -0.3 is 9.47 Å². The molecule has 0 atom stereocenters. The van der Waals surface area contributed by atoms with Crippen LogP contribution in [0.25, 0.3) is 6.08 Å². The molecule has 0 radical (unpaired) electrons. The average molecular weight is 434 g/mol. The molecule has 26 heavy (non-hydrogen) atoms. The second-order valence-electron chi connectivity index (χ2n) is 5.51. The number of benzene rings is 2. The average Bonchev–Trinajstić information content (AvgIpc) is 2.90. The van der Waals surface area contributed by atoms with E-state index in [9.17, 15) is 9.59 Å². The lowest BCUT2D eigenvalue weighted by atomic mass is 10.1. The van der Waals surface area contributed by atoms with Gasteiger partial charge in [-0.25, -0.2) is 0 Å². The number of nitrogens with zero attached hydrogens (tertiary/aromatic N) is 1. The number of thioether (sulfide) groups is 1. The Morgan fingerprint density at radius 2 is 1.73 bits per heavy atom. The summed E-state index contributed by atoms with van der Waals surface area (Å²) in [5, 5.41) is -0.273. The predicted octanol–water partition coefficient (Wildman–Crippen LogP) is 4.70. The van der Waals surface area contributed by atoms with Crippen LogP contribution in [0.15, 0.2) is 51.8 Å². The van der Waals surface area contributed by atoms with Crippen molar-refractivity contribution < 1.29 is 19.1 Å². The van der Waals surface area contributed by atoms with Gasteiger partial charge in [-0.3, -0.25) is 14.5 Å². The van der Waals surface area contributed by atoms with Gasteiger partial charge in [0.2, 0.25) is 0 Å². The van der Waals surface area contributed by atoms with Crippen LogP contribution in [0.5, 0.6) is 11.5 Å². The summed E-state index contributed by atoms with van der Waals surface area (Å²) in [5.74, 6) is 0.876. The van der Waals surface area contributed by atoms with Crippen molar-refractivity contribution in [2.75, 3.05) is 14.2 Å². The zero-order valence-corrected chi connectivity index (χ0v) is 16.6. The van der Waals surface area contributed by atoms with Crippen molar-refractivity contribution in [3.63, 3.8) is 0 Å². The summed E-state index contributed by atoms with van der Waals surface area (Å²) in [7, 11) is 3.11. The third-order valence-corrected chi connectivity index (χ3v) is 5.27. The largest absolute Gasteiger partial charge is 0.493 e. The third-order valence-electron chi connectivity index (χ3n) is 3.83. The molecule has 0 aliphatic carbocycles. The quantitative estimate of drug-likeness (QED) is 0.639. The van der Waals surface area contributed by atoms with Crippen LogP contribution in [0.1, 0.15) is 11.1 Å². The summed E-state index contributed by atoms with van der Waals surface area (Å²) in [6, 6.07) is 12.9. The number of hydrogen-bond acceptors (Lipinski definition) is 5. The monoisotopic (exact) mass is 433 g/mol. The van der Waals surface area contributed by atoms with E-state index in [1.165, 1.54) is 4.90 Å². The first-order valence-corrected chi connectivity index (χ1v) is 9.34. The number of halogens is 1. The predicted molar refractivity (Wildman–Crippen MR) is 105 cm³/mol. The molecule has 5 nitrogen and oxygen atoms in total. The first-order valence-electron chi connectivity index (χ1n) is 7.73. The summed E-state index contributed by atoms with van der Waals surface area (Å²) >= 11 is 4.31. The van der Waals surface area contributed by atoms with E-state index in [2.05, 4.69) is 15.9 Å². The van der Waals surface area contributed by atoms with Crippen molar-refractivity contribution in [1.82, 2.24) is 4.90 Å². The highest BCUT2D eigenvalue weighted by Gasteiger charge is 2.35. The molecule has 1 aliphatic heterocycles. The number of amides is 2. The number of rotatable bonds is 5. The van der Waals surface area contributed by atoms with E-state index in [1.807, 2.05) is 30.3 Å². The molecule has 1 fully saturated rings. The van der Waals surface area contributed by atoms with Crippen LogP contribution in [0.2, 0.25) is 0 Å². The molecule has 0 unspecified atom stereocenters. The maximum absolute atomic E-state index is 12.6. The van der Waals surface area contributed by atoms with Gasteiger partial charge >= 0.3 is 0 Å². The fraction of sp³-hybridized carbons (Fsp3) is 0.158. The van der Waals surface area contributed by atoms with Crippen LogP contribution in [-0.2, 0) is 11.3 Å². The summed E-state index contributed by atoms with van der Waals surface area (Å²) in [6.45, 7) is 0.251. The molecular weight excluding hydrogens is 418 g/mol. The minimum Gasteiger partial charge on any atom is -0.493 e. The van der Waals surface area contributed by atoms with E-state index < -0.39 is 0 Å². The molecule has 0 aromatic heterocycles. The van der Waals surface area contributed by atoms with E-state index in [4.69, 9.17) is 9.47 Å². The van der Waals surface area contributed by atoms with Gasteiger partial charge in [-0.1, -0.05) is 34.1 Å². The van der Waals surface area contributed by atoms with Crippen LogP contribution in [0.4, 0.5) is 4.79 Å². The molecule has 2 aromatic carbocycles. The molecule has 7 heteroatoms. The molecule has 1 heterocycles. The van der Waals surface area contributed by atoms with Gasteiger partial charge in [-0.2, -0.15) is 0 Å². The van der Waals surface area contributed by atoms with Crippen LogP contribution < -0.4 is 9.47 Å².